The van der Waals surface area contributed by atoms with Crippen molar-refractivity contribution in [3.63, 3.8) is 0 Å². The summed E-state index contributed by atoms with van der Waals surface area (Å²) in [6.45, 7) is 8.18. The molecule has 0 N–H and O–H groups in total. The van der Waals surface area contributed by atoms with Crippen LogP contribution in [0, 0.1) is 26.7 Å². The molecule has 2 aromatic carbocycles. The molecule has 6 heteroatoms. The molecule has 2 rings (SSSR count). The van der Waals surface area contributed by atoms with Crippen molar-refractivity contribution in [1.29, 1.82) is 0 Å². The summed E-state index contributed by atoms with van der Waals surface area (Å²) < 4.78 is 9.68. The van der Waals surface area contributed by atoms with Crippen LogP contribution in [0.25, 0.3) is 0 Å². The predicted molar refractivity (Wildman–Crippen MR) is 129 cm³/mol. The lowest BCUT2D eigenvalue weighted by atomic mass is 10.1. The van der Waals surface area contributed by atoms with Crippen LogP contribution in [0.2, 0.25) is 0 Å². The van der Waals surface area contributed by atoms with E-state index in [0.717, 1.165) is 7.36 Å². The first kappa shape index (κ1) is 28.8. The molecule has 0 amide bonds. The van der Waals surface area contributed by atoms with Crippen molar-refractivity contribution < 1.29 is 21.9 Å². The zero-order valence-electron chi connectivity index (χ0n) is 17.7. The van der Waals surface area contributed by atoms with Crippen LogP contribution in [0.5, 0.6) is 0 Å². The van der Waals surface area contributed by atoms with Gasteiger partial charge in [-0.05, 0) is 46.9 Å². The summed E-state index contributed by atoms with van der Waals surface area (Å²) in [5.74, 6) is -0.438. The minimum atomic E-state index is -0.410. The van der Waals surface area contributed by atoms with E-state index in [1.165, 1.54) is 25.2 Å². The van der Waals surface area contributed by atoms with Crippen molar-refractivity contribution in [2.24, 2.45) is 0 Å². The van der Waals surface area contributed by atoms with Crippen molar-refractivity contribution in [3.8, 4) is 12.8 Å². The maximum absolute atomic E-state index is 11.4. The van der Waals surface area contributed by atoms with Crippen LogP contribution in [0.4, 0.5) is 0 Å². The highest BCUT2D eigenvalue weighted by atomic mass is 32.4. The minimum absolute atomic E-state index is 0. The van der Waals surface area contributed by atoms with Crippen LogP contribution >= 0.6 is 7.36 Å². The van der Waals surface area contributed by atoms with Gasteiger partial charge in [0.05, 0.1) is 12.2 Å². The molecule has 0 bridgehead atoms. The van der Waals surface area contributed by atoms with Crippen molar-refractivity contribution in [1.82, 2.24) is 0 Å². The third kappa shape index (κ3) is 15.2. The molecule has 0 saturated heterocycles. The van der Waals surface area contributed by atoms with Gasteiger partial charge in [-0.25, -0.2) is 4.79 Å². The van der Waals surface area contributed by atoms with Crippen LogP contribution in [0.15, 0.2) is 48.5 Å². The van der Waals surface area contributed by atoms with Gasteiger partial charge in [0.2, 0.25) is 0 Å². The van der Waals surface area contributed by atoms with Crippen molar-refractivity contribution >= 4 is 30.9 Å². The van der Waals surface area contributed by atoms with Crippen LogP contribution in [0.3, 0.4) is 0 Å². The summed E-state index contributed by atoms with van der Waals surface area (Å²) in [6.07, 6.45) is 8.00. The second kappa shape index (κ2) is 19.0. The standard InChI is InChI=1S/C12H14O4.C8H10.C2H2.CH3PS.2H2/c1-9(13)10-3-5-11(6-4-10)12(14)16-8-7-15-2;1-7-3-5-8(2)6-4-7;1-2;1-2-3;;/h3-6H,7-8H2,1-2H3;3-6H,1-2H3;1-2H;1H3;2*1H. The average molecular weight is 437 g/mol. The van der Waals surface area contributed by atoms with E-state index >= 15 is 0 Å². The highest BCUT2D eigenvalue weighted by Crippen LogP contribution is 2.06. The first-order valence-electron chi connectivity index (χ1n) is 8.70. The first-order valence-corrected chi connectivity index (χ1v) is 11.1. The molecule has 0 aliphatic carbocycles. The number of carbonyl (C=O) groups excluding carboxylic acids is 2. The Kier molecular flexibility index (Phi) is 18.8. The van der Waals surface area contributed by atoms with E-state index in [-0.39, 0.29) is 15.2 Å². The summed E-state index contributed by atoms with van der Waals surface area (Å²) in [5.41, 5.74) is 3.67. The highest BCUT2D eigenvalue weighted by Gasteiger charge is 2.07. The van der Waals surface area contributed by atoms with Gasteiger partial charge >= 0.3 is 5.97 Å². The SMILES string of the molecule is C#C.COCCOC(=O)c1ccc(C(C)=O)cc1.CP=S.Cc1ccc(C)cc1.[HH].[HH]. The number of ketones is 1. The maximum Gasteiger partial charge on any atom is 0.338 e. The molecule has 0 unspecified atom stereocenters. The van der Waals surface area contributed by atoms with Gasteiger partial charge in [-0.3, -0.25) is 4.79 Å². The monoisotopic (exact) mass is 436 g/mol. The second-order valence-electron chi connectivity index (χ2n) is 5.60. The number of hydrogen-bond acceptors (Lipinski definition) is 5. The van der Waals surface area contributed by atoms with Gasteiger partial charge in [-0.1, -0.05) is 59.3 Å². The van der Waals surface area contributed by atoms with E-state index < -0.39 is 5.97 Å². The fraction of sp³-hybridized carbons (Fsp3) is 0.304. The summed E-state index contributed by atoms with van der Waals surface area (Å²) in [4.78, 5) is 22.4. The fourth-order valence-electron chi connectivity index (χ4n) is 1.78. The molecule has 0 aromatic heterocycles. The average Bonchev–Trinajstić information content (AvgIpc) is 2.73. The molecule has 160 valence electrons. The van der Waals surface area contributed by atoms with Crippen LogP contribution in [-0.2, 0) is 21.3 Å². The van der Waals surface area contributed by atoms with Crippen LogP contribution in [0.1, 0.15) is 41.6 Å². The Morgan fingerprint density at radius 2 is 1.31 bits per heavy atom. The Labute approximate surface area is 184 Å². The number of aryl methyl sites for hydroxylation is 2. The van der Waals surface area contributed by atoms with Crippen molar-refractivity contribution in [2.75, 3.05) is 27.0 Å². The minimum Gasteiger partial charge on any atom is -0.460 e. The number of terminal acetylenes is 1. The number of esters is 1. The molecule has 2 aromatic rings. The van der Waals surface area contributed by atoms with E-state index in [1.54, 1.807) is 24.3 Å². The molecule has 0 spiro atoms. The molecule has 29 heavy (non-hydrogen) atoms. The molecule has 0 aliphatic heterocycles. The molecule has 0 aliphatic rings. The molecule has 0 radical (unpaired) electrons. The summed E-state index contributed by atoms with van der Waals surface area (Å²) in [5, 5.41) is 0. The quantitative estimate of drug-likeness (QED) is 0.196. The zero-order valence-corrected chi connectivity index (χ0v) is 19.4. The summed E-state index contributed by atoms with van der Waals surface area (Å²) >= 11 is 4.37. The summed E-state index contributed by atoms with van der Waals surface area (Å²) in [7, 11) is 2.54. The van der Waals surface area contributed by atoms with Crippen molar-refractivity contribution in [2.45, 2.75) is 20.8 Å². The van der Waals surface area contributed by atoms with Gasteiger partial charge in [0, 0.05) is 15.5 Å². The molecular weight excluding hydrogens is 403 g/mol. The van der Waals surface area contributed by atoms with Gasteiger partial charge in [-0.15, -0.1) is 12.8 Å². The predicted octanol–water partition coefficient (Wildman–Crippen LogP) is 5.76. The molecule has 0 saturated carbocycles. The zero-order chi connectivity index (χ0) is 22.7. The van der Waals surface area contributed by atoms with E-state index in [2.05, 4.69) is 62.8 Å². The normalized spacial score (nSPS) is 8.79. The molecule has 0 atom stereocenters. The number of Topliss-reactive ketones (excluding diaryl/α,β-unsaturated/α-hetero) is 1. The van der Waals surface area contributed by atoms with Gasteiger partial charge in [0.25, 0.3) is 0 Å². The topological polar surface area (TPSA) is 52.6 Å². The number of benzene rings is 2. The second-order valence-corrected chi connectivity index (χ2v) is 7.06. The first-order chi connectivity index (χ1) is 13.8. The fourth-order valence-corrected chi connectivity index (χ4v) is 1.78. The summed E-state index contributed by atoms with van der Waals surface area (Å²) in [6, 6.07) is 14.8. The lowest BCUT2D eigenvalue weighted by Crippen LogP contribution is -2.10. The number of carbonyl (C=O) groups is 2. The molecular formula is C23H33O4PS. The maximum atomic E-state index is 11.4. The number of ether oxygens (including phenoxy) is 2. The van der Waals surface area contributed by atoms with Gasteiger partial charge in [0.1, 0.15) is 6.61 Å². The molecule has 4 nitrogen and oxygen atoms in total. The van der Waals surface area contributed by atoms with Crippen molar-refractivity contribution in [3.05, 3.63) is 70.8 Å². The Balaban J connectivity index is -0.000000205. The van der Waals surface area contributed by atoms with E-state index in [1.807, 2.05) is 6.66 Å². The van der Waals surface area contributed by atoms with E-state index in [9.17, 15) is 9.59 Å². The van der Waals surface area contributed by atoms with Crippen LogP contribution < -0.4 is 0 Å². The third-order valence-electron chi connectivity index (χ3n) is 3.27. The van der Waals surface area contributed by atoms with Gasteiger partial charge < -0.3 is 9.47 Å². The smallest absolute Gasteiger partial charge is 0.338 e. The Hall–Kier alpha value is -2.38. The highest BCUT2D eigenvalue weighted by molar-refractivity contribution is 7.96. The Morgan fingerprint density at radius 1 is 0.931 bits per heavy atom. The van der Waals surface area contributed by atoms with Crippen LogP contribution in [-0.4, -0.2) is 38.7 Å². The lowest BCUT2D eigenvalue weighted by molar-refractivity contribution is 0.0388. The molecule has 0 fully saturated rings. The largest absolute Gasteiger partial charge is 0.460 e. The van der Waals surface area contributed by atoms with Gasteiger partial charge in [0.15, 0.2) is 5.78 Å². The lowest BCUT2D eigenvalue weighted by Gasteiger charge is -2.04. The van der Waals surface area contributed by atoms with Gasteiger partial charge in [-0.2, -0.15) is 0 Å². The Bertz CT molecular complexity index is 727. The number of rotatable bonds is 5. The number of hydrogen-bond donors (Lipinski definition) is 0. The Morgan fingerprint density at radius 3 is 1.66 bits per heavy atom. The molecule has 0 heterocycles. The third-order valence-corrected chi connectivity index (χ3v) is 3.27. The number of methoxy groups -OCH3 is 1. The van der Waals surface area contributed by atoms with E-state index in [4.69, 9.17) is 9.47 Å². The van der Waals surface area contributed by atoms with E-state index in [0.29, 0.717) is 17.7 Å².